The molecule has 0 bridgehead atoms. The molecule has 0 amide bonds. The Morgan fingerprint density at radius 2 is 1.45 bits per heavy atom. The Bertz CT molecular complexity index is 615. The van der Waals surface area contributed by atoms with E-state index in [9.17, 15) is 9.59 Å². The highest BCUT2D eigenvalue weighted by molar-refractivity contribution is 5.96. The maximum atomic E-state index is 11.9. The molecule has 0 atom stereocenters. The van der Waals surface area contributed by atoms with Gasteiger partial charge in [0.05, 0.1) is 5.56 Å². The number of Topliss-reactive ketones (excluding diaryl/α,β-unsaturated/α-hetero) is 1. The molecule has 0 aliphatic rings. The molecule has 2 aromatic carbocycles. The lowest BCUT2D eigenvalue weighted by molar-refractivity contribution is 0.0734. The Morgan fingerprint density at radius 3 is 1.95 bits per heavy atom. The van der Waals surface area contributed by atoms with E-state index < -0.39 is 5.97 Å². The fourth-order valence-corrected chi connectivity index (χ4v) is 1.70. The SMILES string of the molecule is CNc1ccc(OC(=O)c2ccc(C(C)=O)cc2)cc1. The number of hydrogen-bond acceptors (Lipinski definition) is 4. The topological polar surface area (TPSA) is 55.4 Å². The van der Waals surface area contributed by atoms with E-state index in [0.717, 1.165) is 5.69 Å². The quantitative estimate of drug-likeness (QED) is 0.526. The first-order valence-corrected chi connectivity index (χ1v) is 6.21. The summed E-state index contributed by atoms with van der Waals surface area (Å²) >= 11 is 0. The van der Waals surface area contributed by atoms with E-state index in [-0.39, 0.29) is 5.78 Å². The van der Waals surface area contributed by atoms with Crippen molar-refractivity contribution < 1.29 is 14.3 Å². The largest absolute Gasteiger partial charge is 0.423 e. The van der Waals surface area contributed by atoms with E-state index in [1.54, 1.807) is 36.4 Å². The maximum absolute atomic E-state index is 11.9. The van der Waals surface area contributed by atoms with Crippen molar-refractivity contribution in [3.05, 3.63) is 59.7 Å². The highest BCUT2D eigenvalue weighted by atomic mass is 16.5. The van der Waals surface area contributed by atoms with Crippen molar-refractivity contribution in [3.63, 3.8) is 0 Å². The summed E-state index contributed by atoms with van der Waals surface area (Å²) in [6.07, 6.45) is 0. The molecule has 0 saturated heterocycles. The van der Waals surface area contributed by atoms with Crippen molar-refractivity contribution in [1.82, 2.24) is 0 Å². The summed E-state index contributed by atoms with van der Waals surface area (Å²) in [5.41, 5.74) is 1.92. The predicted octanol–water partition coefficient (Wildman–Crippen LogP) is 3.15. The predicted molar refractivity (Wildman–Crippen MR) is 77.4 cm³/mol. The lowest BCUT2D eigenvalue weighted by Gasteiger charge is -2.06. The number of hydrogen-bond donors (Lipinski definition) is 1. The molecule has 0 heterocycles. The molecule has 0 unspecified atom stereocenters. The average molecular weight is 269 g/mol. The molecule has 0 radical (unpaired) electrons. The van der Waals surface area contributed by atoms with Gasteiger partial charge in [0.1, 0.15) is 5.75 Å². The smallest absolute Gasteiger partial charge is 0.343 e. The van der Waals surface area contributed by atoms with Gasteiger partial charge >= 0.3 is 5.97 Å². The Kier molecular flexibility index (Phi) is 4.15. The van der Waals surface area contributed by atoms with E-state index >= 15 is 0 Å². The third-order valence-electron chi connectivity index (χ3n) is 2.88. The third kappa shape index (κ3) is 3.23. The van der Waals surface area contributed by atoms with Crippen molar-refractivity contribution in [1.29, 1.82) is 0 Å². The first-order chi connectivity index (χ1) is 9.60. The molecule has 0 fully saturated rings. The van der Waals surface area contributed by atoms with Gasteiger partial charge in [0, 0.05) is 18.3 Å². The van der Waals surface area contributed by atoms with E-state index in [2.05, 4.69) is 5.32 Å². The molecule has 2 rings (SSSR count). The number of esters is 1. The Morgan fingerprint density at radius 1 is 0.900 bits per heavy atom. The van der Waals surface area contributed by atoms with Crippen LogP contribution in [0.3, 0.4) is 0 Å². The van der Waals surface area contributed by atoms with Crippen LogP contribution in [0.4, 0.5) is 5.69 Å². The van der Waals surface area contributed by atoms with Crippen LogP contribution in [0, 0.1) is 0 Å². The standard InChI is InChI=1S/C16H15NO3/c1-11(18)12-3-5-13(6-4-12)16(19)20-15-9-7-14(17-2)8-10-15/h3-10,17H,1-2H3. The number of nitrogens with one attached hydrogen (secondary N) is 1. The lowest BCUT2D eigenvalue weighted by Crippen LogP contribution is -2.08. The van der Waals surface area contributed by atoms with Crippen LogP contribution >= 0.6 is 0 Å². The molecule has 0 spiro atoms. The summed E-state index contributed by atoms with van der Waals surface area (Å²) in [4.78, 5) is 23.1. The highest BCUT2D eigenvalue weighted by Gasteiger charge is 2.09. The molecule has 0 saturated carbocycles. The van der Waals surface area contributed by atoms with Crippen LogP contribution in [0.1, 0.15) is 27.6 Å². The summed E-state index contributed by atoms with van der Waals surface area (Å²) in [5.74, 6) is -0.00507. The van der Waals surface area contributed by atoms with E-state index in [1.807, 2.05) is 19.2 Å². The van der Waals surface area contributed by atoms with Gasteiger partial charge in [-0.25, -0.2) is 4.79 Å². The van der Waals surface area contributed by atoms with Crippen LogP contribution in [-0.2, 0) is 0 Å². The number of ether oxygens (including phenoxy) is 1. The van der Waals surface area contributed by atoms with E-state index in [1.165, 1.54) is 6.92 Å². The van der Waals surface area contributed by atoms with Crippen LogP contribution in [0.15, 0.2) is 48.5 Å². The van der Waals surface area contributed by atoms with Crippen LogP contribution < -0.4 is 10.1 Å². The fraction of sp³-hybridized carbons (Fsp3) is 0.125. The van der Waals surface area contributed by atoms with Crippen molar-refractivity contribution in [2.45, 2.75) is 6.92 Å². The lowest BCUT2D eigenvalue weighted by atomic mass is 10.1. The molecule has 20 heavy (non-hydrogen) atoms. The number of rotatable bonds is 4. The molecule has 0 aliphatic carbocycles. The maximum Gasteiger partial charge on any atom is 0.343 e. The Hall–Kier alpha value is -2.62. The van der Waals surface area contributed by atoms with E-state index in [4.69, 9.17) is 4.74 Å². The summed E-state index contributed by atoms with van der Waals surface area (Å²) in [6.45, 7) is 1.48. The Labute approximate surface area is 117 Å². The average Bonchev–Trinajstić information content (AvgIpc) is 2.48. The first kappa shape index (κ1) is 13.8. The minimum atomic E-state index is -0.447. The van der Waals surface area contributed by atoms with Gasteiger partial charge in [-0.3, -0.25) is 4.79 Å². The summed E-state index contributed by atoms with van der Waals surface area (Å²) in [5, 5.41) is 2.98. The van der Waals surface area contributed by atoms with Gasteiger partial charge in [-0.05, 0) is 43.3 Å². The first-order valence-electron chi connectivity index (χ1n) is 6.21. The number of benzene rings is 2. The van der Waals surface area contributed by atoms with Gasteiger partial charge in [0.2, 0.25) is 0 Å². The monoisotopic (exact) mass is 269 g/mol. The molecule has 4 heteroatoms. The number of ketones is 1. The summed E-state index contributed by atoms with van der Waals surface area (Å²) < 4.78 is 5.25. The van der Waals surface area contributed by atoms with Gasteiger partial charge in [0.15, 0.2) is 5.78 Å². The summed E-state index contributed by atoms with van der Waals surface area (Å²) in [7, 11) is 1.82. The number of carbonyl (C=O) groups excluding carboxylic acids is 2. The Balaban J connectivity index is 2.08. The fourth-order valence-electron chi connectivity index (χ4n) is 1.70. The minimum absolute atomic E-state index is 0.0347. The molecular formula is C16H15NO3. The molecule has 0 aromatic heterocycles. The van der Waals surface area contributed by atoms with Crippen LogP contribution in [0.25, 0.3) is 0 Å². The van der Waals surface area contributed by atoms with Crippen molar-refractivity contribution in [2.75, 3.05) is 12.4 Å². The van der Waals surface area contributed by atoms with Crippen molar-refractivity contribution >= 4 is 17.4 Å². The normalized spacial score (nSPS) is 9.90. The van der Waals surface area contributed by atoms with Crippen LogP contribution in [0.5, 0.6) is 5.75 Å². The van der Waals surface area contributed by atoms with Gasteiger partial charge < -0.3 is 10.1 Å². The zero-order valence-corrected chi connectivity index (χ0v) is 11.3. The second-order valence-corrected chi connectivity index (χ2v) is 4.30. The summed E-state index contributed by atoms with van der Waals surface area (Å²) in [6, 6.07) is 13.5. The van der Waals surface area contributed by atoms with Gasteiger partial charge in [-0.2, -0.15) is 0 Å². The minimum Gasteiger partial charge on any atom is -0.423 e. The molecule has 4 nitrogen and oxygen atoms in total. The highest BCUT2D eigenvalue weighted by Crippen LogP contribution is 2.17. The number of anilines is 1. The van der Waals surface area contributed by atoms with Crippen LogP contribution in [0.2, 0.25) is 0 Å². The number of carbonyl (C=O) groups is 2. The van der Waals surface area contributed by atoms with E-state index in [0.29, 0.717) is 16.9 Å². The molecule has 1 N–H and O–H groups in total. The molecular weight excluding hydrogens is 254 g/mol. The van der Waals surface area contributed by atoms with Gasteiger partial charge in [0.25, 0.3) is 0 Å². The molecule has 102 valence electrons. The zero-order valence-electron chi connectivity index (χ0n) is 11.3. The van der Waals surface area contributed by atoms with Gasteiger partial charge in [-0.15, -0.1) is 0 Å². The third-order valence-corrected chi connectivity index (χ3v) is 2.88. The second-order valence-electron chi connectivity index (χ2n) is 4.30. The van der Waals surface area contributed by atoms with Crippen molar-refractivity contribution in [2.24, 2.45) is 0 Å². The molecule has 0 aliphatic heterocycles. The van der Waals surface area contributed by atoms with Gasteiger partial charge in [-0.1, -0.05) is 12.1 Å². The second kappa shape index (κ2) is 6.02. The van der Waals surface area contributed by atoms with Crippen LogP contribution in [-0.4, -0.2) is 18.8 Å². The van der Waals surface area contributed by atoms with Crippen molar-refractivity contribution in [3.8, 4) is 5.75 Å². The zero-order chi connectivity index (χ0) is 14.5. The molecule has 2 aromatic rings.